The van der Waals surface area contributed by atoms with Gasteiger partial charge in [0, 0.05) is 43.5 Å². The minimum atomic E-state index is 0.382. The Kier molecular flexibility index (Phi) is 5.61. The summed E-state index contributed by atoms with van der Waals surface area (Å²) in [5.74, 6) is 5.29. The first-order valence-corrected chi connectivity index (χ1v) is 10.6. The highest BCUT2D eigenvalue weighted by Crippen LogP contribution is 2.24. The number of hydrogen-bond acceptors (Lipinski definition) is 9. The molecule has 1 saturated heterocycles. The van der Waals surface area contributed by atoms with E-state index in [4.69, 9.17) is 10.8 Å². The van der Waals surface area contributed by atoms with Gasteiger partial charge in [-0.15, -0.1) is 6.42 Å². The third-order valence-corrected chi connectivity index (χ3v) is 5.30. The lowest BCUT2D eigenvalue weighted by molar-refractivity contribution is 0.311. The van der Waals surface area contributed by atoms with Gasteiger partial charge in [-0.2, -0.15) is 20.1 Å². The van der Waals surface area contributed by atoms with Gasteiger partial charge in [0.05, 0.1) is 6.26 Å². The summed E-state index contributed by atoms with van der Waals surface area (Å²) in [6, 6.07) is 13.1. The highest BCUT2D eigenvalue weighted by atomic mass is 16.3. The summed E-state index contributed by atoms with van der Waals surface area (Å²) in [5.41, 5.74) is 2.32. The molecule has 4 aromatic rings. The fourth-order valence-electron chi connectivity index (χ4n) is 3.50. The monoisotopic (exact) mass is 441 g/mol. The third kappa shape index (κ3) is 4.78. The standard InChI is InChI=1S/C23H23N9O/c1-3-16-6-4-7-17(14-16)24-21-26-22(28-23(27-21)32-11-9-31(2)10-12-32)25-20-15-18(29-30-20)19-8-5-13-33-19/h1,4-8,13-15H,9-12H2,2H3,(H3,24,25,26,27,28,29,30). The minimum Gasteiger partial charge on any atom is -0.463 e. The van der Waals surface area contributed by atoms with E-state index in [-0.39, 0.29) is 0 Å². The first-order valence-electron chi connectivity index (χ1n) is 10.6. The number of anilines is 5. The number of aromatic nitrogens is 5. The second-order valence-corrected chi connectivity index (χ2v) is 7.69. The van der Waals surface area contributed by atoms with Crippen molar-refractivity contribution in [1.82, 2.24) is 30.0 Å². The van der Waals surface area contributed by atoms with Crippen LogP contribution in [-0.2, 0) is 0 Å². The van der Waals surface area contributed by atoms with Crippen molar-refractivity contribution in [1.29, 1.82) is 0 Å². The minimum absolute atomic E-state index is 0.382. The first kappa shape index (κ1) is 20.5. The van der Waals surface area contributed by atoms with Crippen molar-refractivity contribution < 1.29 is 4.42 Å². The maximum absolute atomic E-state index is 5.54. The van der Waals surface area contributed by atoms with Gasteiger partial charge >= 0.3 is 0 Å². The Hall–Kier alpha value is -4.36. The van der Waals surface area contributed by atoms with E-state index < -0.39 is 0 Å². The molecule has 1 aliphatic rings. The summed E-state index contributed by atoms with van der Waals surface area (Å²) < 4.78 is 5.42. The summed E-state index contributed by atoms with van der Waals surface area (Å²) in [7, 11) is 2.11. The van der Waals surface area contributed by atoms with Crippen LogP contribution in [0, 0.1) is 12.3 Å². The zero-order valence-corrected chi connectivity index (χ0v) is 18.1. The maximum Gasteiger partial charge on any atom is 0.235 e. The van der Waals surface area contributed by atoms with Crippen LogP contribution in [0.2, 0.25) is 0 Å². The average Bonchev–Trinajstić information content (AvgIpc) is 3.52. The summed E-state index contributed by atoms with van der Waals surface area (Å²) in [6.45, 7) is 3.54. The second kappa shape index (κ2) is 9.02. The van der Waals surface area contributed by atoms with Crippen molar-refractivity contribution in [2.75, 3.05) is 48.8 Å². The fraction of sp³-hybridized carbons (Fsp3) is 0.217. The molecule has 10 heteroatoms. The van der Waals surface area contributed by atoms with Crippen molar-refractivity contribution >= 4 is 29.4 Å². The Labute approximate surface area is 191 Å². The molecule has 0 bridgehead atoms. The Morgan fingerprint density at radius 3 is 2.58 bits per heavy atom. The molecule has 5 rings (SSSR count). The van der Waals surface area contributed by atoms with Gasteiger partial charge in [-0.25, -0.2) is 0 Å². The van der Waals surface area contributed by atoms with E-state index in [2.05, 4.69) is 58.6 Å². The third-order valence-electron chi connectivity index (χ3n) is 5.30. The molecule has 33 heavy (non-hydrogen) atoms. The Bertz CT molecular complexity index is 1270. The van der Waals surface area contributed by atoms with Crippen molar-refractivity contribution in [3.63, 3.8) is 0 Å². The number of nitrogens with zero attached hydrogens (tertiary/aromatic N) is 6. The van der Waals surface area contributed by atoms with Crippen LogP contribution < -0.4 is 15.5 Å². The molecule has 4 heterocycles. The molecular formula is C23H23N9O. The average molecular weight is 441 g/mol. The molecule has 1 aliphatic heterocycles. The van der Waals surface area contributed by atoms with Crippen LogP contribution in [0.1, 0.15) is 5.56 Å². The van der Waals surface area contributed by atoms with Gasteiger partial charge in [-0.3, -0.25) is 5.10 Å². The summed E-state index contributed by atoms with van der Waals surface area (Å²) >= 11 is 0. The predicted octanol–water partition coefficient (Wildman–Crippen LogP) is 3.08. The molecule has 0 atom stereocenters. The maximum atomic E-state index is 5.54. The molecule has 0 amide bonds. The van der Waals surface area contributed by atoms with Crippen LogP contribution in [0.5, 0.6) is 0 Å². The van der Waals surface area contributed by atoms with Crippen molar-refractivity contribution in [3.8, 4) is 23.8 Å². The SMILES string of the molecule is C#Cc1cccc(Nc2nc(Nc3cc(-c4ccco4)[nH]n3)nc(N3CCN(C)CC3)n2)c1. The topological polar surface area (TPSA) is 111 Å². The molecule has 0 unspecified atom stereocenters. The van der Waals surface area contributed by atoms with E-state index in [1.165, 1.54) is 0 Å². The number of rotatable bonds is 6. The number of piperazine rings is 1. The van der Waals surface area contributed by atoms with Crippen LogP contribution in [0.4, 0.5) is 29.4 Å². The van der Waals surface area contributed by atoms with E-state index in [9.17, 15) is 0 Å². The predicted molar refractivity (Wildman–Crippen MR) is 127 cm³/mol. The van der Waals surface area contributed by atoms with Crippen LogP contribution >= 0.6 is 0 Å². The van der Waals surface area contributed by atoms with E-state index in [0.29, 0.717) is 29.4 Å². The first-order chi connectivity index (χ1) is 16.2. The molecule has 0 saturated carbocycles. The molecule has 1 aromatic carbocycles. The zero-order chi connectivity index (χ0) is 22.6. The van der Waals surface area contributed by atoms with Gasteiger partial charge in [0.15, 0.2) is 11.6 Å². The van der Waals surface area contributed by atoms with Crippen LogP contribution in [-0.4, -0.2) is 63.3 Å². The Morgan fingerprint density at radius 2 is 1.82 bits per heavy atom. The van der Waals surface area contributed by atoms with Crippen molar-refractivity contribution in [2.24, 2.45) is 0 Å². The molecule has 0 aliphatic carbocycles. The highest BCUT2D eigenvalue weighted by molar-refractivity contribution is 5.62. The van der Waals surface area contributed by atoms with Gasteiger partial charge in [-0.1, -0.05) is 12.0 Å². The summed E-state index contributed by atoms with van der Waals surface area (Å²) in [4.78, 5) is 18.3. The number of likely N-dealkylation sites (N-methyl/N-ethyl adjacent to an activating group) is 1. The van der Waals surface area contributed by atoms with Gasteiger partial charge in [0.25, 0.3) is 0 Å². The molecule has 0 radical (unpaired) electrons. The lowest BCUT2D eigenvalue weighted by Gasteiger charge is -2.32. The van der Waals surface area contributed by atoms with Crippen molar-refractivity contribution in [2.45, 2.75) is 0 Å². The smallest absolute Gasteiger partial charge is 0.235 e. The number of terminal acetylenes is 1. The quantitative estimate of drug-likeness (QED) is 0.389. The second-order valence-electron chi connectivity index (χ2n) is 7.69. The van der Waals surface area contributed by atoms with Crippen LogP contribution in [0.25, 0.3) is 11.5 Å². The molecule has 3 N–H and O–H groups in total. The Morgan fingerprint density at radius 1 is 1.00 bits per heavy atom. The van der Waals surface area contributed by atoms with Gasteiger partial charge in [0.2, 0.25) is 17.8 Å². The number of H-pyrrole nitrogens is 1. The molecule has 10 nitrogen and oxygen atoms in total. The number of nitrogens with one attached hydrogen (secondary N) is 3. The molecule has 3 aromatic heterocycles. The Balaban J connectivity index is 1.43. The van der Waals surface area contributed by atoms with Gasteiger partial charge in [0.1, 0.15) is 5.69 Å². The zero-order valence-electron chi connectivity index (χ0n) is 18.1. The van der Waals surface area contributed by atoms with E-state index in [1.807, 2.05) is 42.5 Å². The van der Waals surface area contributed by atoms with Gasteiger partial charge in [-0.05, 0) is 37.4 Å². The lowest BCUT2D eigenvalue weighted by Crippen LogP contribution is -2.45. The van der Waals surface area contributed by atoms with E-state index >= 15 is 0 Å². The van der Waals surface area contributed by atoms with E-state index in [0.717, 1.165) is 43.1 Å². The summed E-state index contributed by atoms with van der Waals surface area (Å²) in [5, 5.41) is 13.7. The normalized spacial score (nSPS) is 14.1. The van der Waals surface area contributed by atoms with E-state index in [1.54, 1.807) is 6.26 Å². The summed E-state index contributed by atoms with van der Waals surface area (Å²) in [6.07, 6.45) is 7.15. The molecular weight excluding hydrogens is 418 g/mol. The number of furan rings is 1. The fourth-order valence-corrected chi connectivity index (χ4v) is 3.50. The lowest BCUT2D eigenvalue weighted by atomic mass is 10.2. The highest BCUT2D eigenvalue weighted by Gasteiger charge is 2.19. The van der Waals surface area contributed by atoms with Crippen LogP contribution in [0.3, 0.4) is 0 Å². The van der Waals surface area contributed by atoms with Crippen LogP contribution in [0.15, 0.2) is 53.1 Å². The van der Waals surface area contributed by atoms with Gasteiger partial charge < -0.3 is 24.9 Å². The molecule has 166 valence electrons. The number of aromatic amines is 1. The molecule has 0 spiro atoms. The largest absolute Gasteiger partial charge is 0.463 e. The number of hydrogen-bond donors (Lipinski definition) is 3. The van der Waals surface area contributed by atoms with Crippen molar-refractivity contribution in [3.05, 3.63) is 54.3 Å². The molecule has 1 fully saturated rings. The number of benzene rings is 1.